The van der Waals surface area contributed by atoms with Crippen molar-refractivity contribution in [2.24, 2.45) is 0 Å². The maximum Gasteiger partial charge on any atom is 0.233 e. The van der Waals surface area contributed by atoms with Crippen molar-refractivity contribution in [2.45, 2.75) is 39.5 Å². The van der Waals surface area contributed by atoms with Gasteiger partial charge in [0.1, 0.15) is 6.42 Å². The number of carbonyl (C=O) groups is 2. The molecule has 0 fully saturated rings. The van der Waals surface area contributed by atoms with E-state index < -0.39 is 0 Å². The summed E-state index contributed by atoms with van der Waals surface area (Å²) in [5, 5.41) is 5.57. The highest BCUT2D eigenvalue weighted by atomic mass is 16.2. The molecular formula is C20H24N2O2. The molecule has 2 N–H and O–H groups in total. The lowest BCUT2D eigenvalue weighted by Crippen LogP contribution is -2.23. The van der Waals surface area contributed by atoms with Crippen molar-refractivity contribution < 1.29 is 9.59 Å². The molecule has 2 aromatic carbocycles. The average Bonchev–Trinajstić information content (AvgIpc) is 2.49. The average molecular weight is 324 g/mol. The van der Waals surface area contributed by atoms with Gasteiger partial charge in [-0.1, -0.05) is 56.7 Å². The van der Waals surface area contributed by atoms with Crippen LogP contribution in [0.5, 0.6) is 0 Å². The first-order valence-electron chi connectivity index (χ1n) is 8.01. The molecule has 0 aromatic heterocycles. The van der Waals surface area contributed by atoms with Crippen LogP contribution in [0.1, 0.15) is 38.3 Å². The molecule has 0 radical (unpaired) electrons. The molecule has 0 aliphatic rings. The molecular weight excluding hydrogens is 300 g/mol. The second-order valence-electron chi connectivity index (χ2n) is 6.93. The van der Waals surface area contributed by atoms with Crippen LogP contribution in [0.2, 0.25) is 0 Å². The molecule has 0 bridgehead atoms. The van der Waals surface area contributed by atoms with Gasteiger partial charge in [0.2, 0.25) is 11.8 Å². The molecule has 0 saturated carbocycles. The minimum absolute atomic E-state index is 0.0893. The standard InChI is InChI=1S/C20H24N2O2/c1-14-9-11-15(12-10-14)21-18(23)13-19(24)22-17-8-6-5-7-16(17)20(2,3)4/h5-12H,13H2,1-4H3,(H,21,23)(H,22,24). The monoisotopic (exact) mass is 324 g/mol. The molecule has 2 rings (SSSR count). The smallest absolute Gasteiger partial charge is 0.233 e. The molecule has 2 aromatic rings. The van der Waals surface area contributed by atoms with Gasteiger partial charge in [0, 0.05) is 11.4 Å². The van der Waals surface area contributed by atoms with Gasteiger partial charge in [-0.25, -0.2) is 0 Å². The molecule has 2 amide bonds. The van der Waals surface area contributed by atoms with Crippen molar-refractivity contribution in [3.05, 3.63) is 59.7 Å². The number of hydrogen-bond acceptors (Lipinski definition) is 2. The Bertz CT molecular complexity index is 728. The van der Waals surface area contributed by atoms with Gasteiger partial charge in [0.15, 0.2) is 0 Å². The Morgan fingerprint density at radius 2 is 1.46 bits per heavy atom. The predicted molar refractivity (Wildman–Crippen MR) is 98.2 cm³/mol. The van der Waals surface area contributed by atoms with Crippen LogP contribution >= 0.6 is 0 Å². The number of aryl methyl sites for hydroxylation is 1. The summed E-state index contributed by atoms with van der Waals surface area (Å²) in [6.45, 7) is 8.23. The maximum absolute atomic E-state index is 12.2. The van der Waals surface area contributed by atoms with E-state index in [1.807, 2.05) is 55.5 Å². The third-order valence-corrected chi connectivity index (χ3v) is 3.67. The summed E-state index contributed by atoms with van der Waals surface area (Å²) in [5.74, 6) is -0.652. The summed E-state index contributed by atoms with van der Waals surface area (Å²) < 4.78 is 0. The molecule has 4 nitrogen and oxygen atoms in total. The molecule has 0 saturated heterocycles. The van der Waals surface area contributed by atoms with Crippen molar-refractivity contribution in [1.82, 2.24) is 0 Å². The fourth-order valence-electron chi connectivity index (χ4n) is 2.43. The largest absolute Gasteiger partial charge is 0.326 e. The highest BCUT2D eigenvalue weighted by molar-refractivity contribution is 6.08. The van der Waals surface area contributed by atoms with Crippen molar-refractivity contribution in [3.8, 4) is 0 Å². The number of benzene rings is 2. The van der Waals surface area contributed by atoms with Crippen LogP contribution in [0.3, 0.4) is 0 Å². The number of nitrogens with one attached hydrogen (secondary N) is 2. The van der Waals surface area contributed by atoms with Gasteiger partial charge in [-0.2, -0.15) is 0 Å². The van der Waals surface area contributed by atoms with Gasteiger partial charge in [-0.3, -0.25) is 9.59 Å². The van der Waals surface area contributed by atoms with E-state index in [0.717, 1.165) is 16.8 Å². The maximum atomic E-state index is 12.2. The number of anilines is 2. The Morgan fingerprint density at radius 1 is 0.875 bits per heavy atom. The van der Waals surface area contributed by atoms with E-state index in [1.165, 1.54) is 0 Å². The van der Waals surface area contributed by atoms with Gasteiger partial charge < -0.3 is 10.6 Å². The fourth-order valence-corrected chi connectivity index (χ4v) is 2.43. The first-order valence-corrected chi connectivity index (χ1v) is 8.01. The summed E-state index contributed by atoms with van der Waals surface area (Å²) in [5.41, 5.74) is 3.50. The zero-order chi connectivity index (χ0) is 17.7. The zero-order valence-corrected chi connectivity index (χ0v) is 14.6. The molecule has 0 atom stereocenters. The number of amides is 2. The quantitative estimate of drug-likeness (QED) is 0.826. The fraction of sp³-hybridized carbons (Fsp3) is 0.300. The van der Waals surface area contributed by atoms with E-state index in [9.17, 15) is 9.59 Å². The molecule has 24 heavy (non-hydrogen) atoms. The SMILES string of the molecule is Cc1ccc(NC(=O)CC(=O)Nc2ccccc2C(C)(C)C)cc1. The summed E-state index contributed by atoms with van der Waals surface area (Å²) in [7, 11) is 0. The summed E-state index contributed by atoms with van der Waals surface area (Å²) >= 11 is 0. The first-order chi connectivity index (χ1) is 11.3. The van der Waals surface area contributed by atoms with Crippen LogP contribution in [-0.2, 0) is 15.0 Å². The van der Waals surface area contributed by atoms with E-state index >= 15 is 0 Å². The van der Waals surface area contributed by atoms with Crippen molar-refractivity contribution >= 4 is 23.2 Å². The topological polar surface area (TPSA) is 58.2 Å². The van der Waals surface area contributed by atoms with E-state index in [2.05, 4.69) is 31.4 Å². The third kappa shape index (κ3) is 4.95. The van der Waals surface area contributed by atoms with Crippen LogP contribution in [0.15, 0.2) is 48.5 Å². The molecule has 0 aliphatic heterocycles. The van der Waals surface area contributed by atoms with Crippen LogP contribution in [0.4, 0.5) is 11.4 Å². The Kier molecular flexibility index (Phi) is 5.39. The number of rotatable bonds is 4. The van der Waals surface area contributed by atoms with Crippen LogP contribution in [0, 0.1) is 6.92 Å². The van der Waals surface area contributed by atoms with E-state index in [1.54, 1.807) is 0 Å². The second kappa shape index (κ2) is 7.30. The lowest BCUT2D eigenvalue weighted by Gasteiger charge is -2.22. The molecule has 0 heterocycles. The highest BCUT2D eigenvalue weighted by Gasteiger charge is 2.19. The summed E-state index contributed by atoms with van der Waals surface area (Å²) in [6.07, 6.45) is -0.216. The van der Waals surface area contributed by atoms with Gasteiger partial charge >= 0.3 is 0 Å². The summed E-state index contributed by atoms with van der Waals surface area (Å²) in [4.78, 5) is 24.2. The van der Waals surface area contributed by atoms with Crippen molar-refractivity contribution in [3.63, 3.8) is 0 Å². The van der Waals surface area contributed by atoms with Crippen molar-refractivity contribution in [1.29, 1.82) is 0 Å². The Morgan fingerprint density at radius 3 is 2.08 bits per heavy atom. The molecule has 126 valence electrons. The van der Waals surface area contributed by atoms with Gasteiger partial charge in [-0.05, 0) is 36.1 Å². The normalized spacial score (nSPS) is 11.0. The minimum Gasteiger partial charge on any atom is -0.326 e. The first kappa shape index (κ1) is 17.7. The number of hydrogen-bond donors (Lipinski definition) is 2. The molecule has 0 spiro atoms. The summed E-state index contributed by atoms with van der Waals surface area (Å²) in [6, 6.07) is 15.1. The van der Waals surface area contributed by atoms with Gasteiger partial charge in [-0.15, -0.1) is 0 Å². The van der Waals surface area contributed by atoms with Crippen molar-refractivity contribution in [2.75, 3.05) is 10.6 Å². The van der Waals surface area contributed by atoms with Gasteiger partial charge in [0.05, 0.1) is 0 Å². The predicted octanol–water partition coefficient (Wildman–Crippen LogP) is 4.26. The Hall–Kier alpha value is -2.62. The lowest BCUT2D eigenvalue weighted by atomic mass is 9.86. The lowest BCUT2D eigenvalue weighted by molar-refractivity contribution is -0.123. The third-order valence-electron chi connectivity index (χ3n) is 3.67. The molecule has 0 aliphatic carbocycles. The second-order valence-corrected chi connectivity index (χ2v) is 6.93. The van der Waals surface area contributed by atoms with Crippen LogP contribution < -0.4 is 10.6 Å². The Labute approximate surface area is 143 Å². The number of carbonyl (C=O) groups excluding carboxylic acids is 2. The Balaban J connectivity index is 1.98. The van der Waals surface area contributed by atoms with E-state index in [0.29, 0.717) is 5.69 Å². The highest BCUT2D eigenvalue weighted by Crippen LogP contribution is 2.29. The van der Waals surface area contributed by atoms with Crippen LogP contribution in [0.25, 0.3) is 0 Å². The molecule has 0 unspecified atom stereocenters. The zero-order valence-electron chi connectivity index (χ0n) is 14.6. The van der Waals surface area contributed by atoms with E-state index in [-0.39, 0.29) is 23.7 Å². The van der Waals surface area contributed by atoms with E-state index in [4.69, 9.17) is 0 Å². The van der Waals surface area contributed by atoms with Gasteiger partial charge in [0.25, 0.3) is 0 Å². The minimum atomic E-state index is -0.329. The number of para-hydroxylation sites is 1. The molecule has 4 heteroatoms. The van der Waals surface area contributed by atoms with Crippen LogP contribution in [-0.4, -0.2) is 11.8 Å².